The fraction of sp³-hybridized carbons (Fsp3) is 0.118. The number of benzene rings is 3. The number of hydrogen-bond donors (Lipinski definition) is 4. The number of sulfonamides is 1. The lowest BCUT2D eigenvalue weighted by Gasteiger charge is -2.08. The lowest BCUT2D eigenvalue weighted by Crippen LogP contribution is -2.21. The van der Waals surface area contributed by atoms with Crippen LogP contribution in [0.1, 0.15) is 16.7 Å². The number of hydrogen-bond acceptors (Lipinski definition) is 7. The Bertz CT molecular complexity index is 2300. The molecule has 12 heteroatoms. The van der Waals surface area contributed by atoms with E-state index < -0.39 is 15.8 Å². The fourth-order valence-electron chi connectivity index (χ4n) is 5.43. The van der Waals surface area contributed by atoms with Crippen LogP contribution in [0.15, 0.2) is 97.5 Å². The van der Waals surface area contributed by atoms with Crippen molar-refractivity contribution in [2.45, 2.75) is 19.6 Å². The molecule has 7 rings (SSSR count). The molecule has 0 saturated heterocycles. The number of nitrogens with zero attached hydrogens (tertiary/aromatic N) is 4. The normalized spacial score (nSPS) is 11.9. The Morgan fingerprint density at radius 1 is 0.804 bits per heavy atom. The van der Waals surface area contributed by atoms with Crippen molar-refractivity contribution in [3.05, 3.63) is 120 Å². The third-order valence-corrected chi connectivity index (χ3v) is 8.26. The molecule has 10 nitrogen and oxygen atoms in total. The largest absolute Gasteiger partial charge is 0.337 e. The highest BCUT2D eigenvalue weighted by atomic mass is 32.2. The summed E-state index contributed by atoms with van der Waals surface area (Å²) in [6.07, 6.45) is 6.53. The summed E-state index contributed by atoms with van der Waals surface area (Å²) in [4.78, 5) is 17.3. The van der Waals surface area contributed by atoms with Crippen molar-refractivity contribution >= 4 is 32.1 Å². The summed E-state index contributed by atoms with van der Waals surface area (Å²) in [5, 5.41) is 11.8. The lowest BCUT2D eigenvalue weighted by molar-refractivity contribution is 0.586. The quantitative estimate of drug-likeness (QED) is 0.151. The zero-order valence-corrected chi connectivity index (χ0v) is 25.6. The second kappa shape index (κ2) is 12.2. The first-order valence-electron chi connectivity index (χ1n) is 14.6. The maximum atomic E-state index is 14.6. The van der Waals surface area contributed by atoms with E-state index in [-0.39, 0.29) is 6.54 Å². The molecular formula is C34H29FN8O2S. The molecule has 4 heterocycles. The molecular weight excluding hydrogens is 603 g/mol. The molecule has 0 unspecified atom stereocenters. The van der Waals surface area contributed by atoms with Crippen molar-refractivity contribution in [3.63, 3.8) is 0 Å². The second-order valence-corrected chi connectivity index (χ2v) is 12.9. The molecule has 0 aliphatic carbocycles. The van der Waals surface area contributed by atoms with Gasteiger partial charge in [0.2, 0.25) is 10.0 Å². The summed E-state index contributed by atoms with van der Waals surface area (Å²) in [6, 6.07) is 24.4. The van der Waals surface area contributed by atoms with Gasteiger partial charge in [-0.1, -0.05) is 42.5 Å². The van der Waals surface area contributed by atoms with Crippen LogP contribution in [-0.4, -0.2) is 44.8 Å². The van der Waals surface area contributed by atoms with E-state index in [4.69, 9.17) is 4.98 Å². The molecule has 3 aromatic carbocycles. The van der Waals surface area contributed by atoms with Crippen LogP contribution in [0.5, 0.6) is 0 Å². The Morgan fingerprint density at radius 2 is 1.61 bits per heavy atom. The van der Waals surface area contributed by atoms with Crippen LogP contribution in [0.25, 0.3) is 55.8 Å². The molecule has 0 amide bonds. The van der Waals surface area contributed by atoms with Crippen molar-refractivity contribution in [2.24, 2.45) is 0 Å². The third-order valence-electron chi connectivity index (χ3n) is 7.59. The summed E-state index contributed by atoms with van der Waals surface area (Å²) in [5.74, 6) is 0.0537. The van der Waals surface area contributed by atoms with Crippen LogP contribution in [0, 0.1) is 5.82 Å². The topological polar surface area (TPSA) is 141 Å². The number of nitrogens with one attached hydrogen (secondary N) is 4. The Balaban J connectivity index is 1.19. The number of halogens is 1. The first kappa shape index (κ1) is 29.4. The van der Waals surface area contributed by atoms with Gasteiger partial charge >= 0.3 is 0 Å². The molecule has 0 spiro atoms. The summed E-state index contributed by atoms with van der Waals surface area (Å²) >= 11 is 0. The van der Waals surface area contributed by atoms with Crippen molar-refractivity contribution in [2.75, 3.05) is 6.26 Å². The van der Waals surface area contributed by atoms with Gasteiger partial charge in [0.15, 0.2) is 11.5 Å². The Kier molecular flexibility index (Phi) is 7.83. The van der Waals surface area contributed by atoms with E-state index in [1.54, 1.807) is 12.3 Å². The number of aromatic amines is 2. The molecule has 0 fully saturated rings. The van der Waals surface area contributed by atoms with Gasteiger partial charge in [-0.15, -0.1) is 0 Å². The smallest absolute Gasteiger partial charge is 0.209 e. The molecule has 0 aliphatic heterocycles. The Hall–Kier alpha value is -5.30. The second-order valence-electron chi connectivity index (χ2n) is 11.1. The van der Waals surface area contributed by atoms with Crippen LogP contribution >= 0.6 is 0 Å². The maximum Gasteiger partial charge on any atom is 0.209 e. The zero-order valence-electron chi connectivity index (χ0n) is 24.8. The number of imidazole rings is 1. The Labute approximate surface area is 264 Å². The third kappa shape index (κ3) is 6.40. The molecule has 0 saturated carbocycles. The highest BCUT2D eigenvalue weighted by molar-refractivity contribution is 7.88. The average molecular weight is 633 g/mol. The van der Waals surface area contributed by atoms with E-state index in [1.165, 1.54) is 17.7 Å². The van der Waals surface area contributed by atoms with E-state index in [1.807, 2.05) is 54.9 Å². The van der Waals surface area contributed by atoms with Gasteiger partial charge in [0.1, 0.15) is 11.5 Å². The first-order chi connectivity index (χ1) is 22.3. The molecule has 4 aromatic heterocycles. The highest BCUT2D eigenvalue weighted by Crippen LogP contribution is 2.33. The molecule has 0 atom stereocenters. The zero-order chi connectivity index (χ0) is 31.7. The Morgan fingerprint density at radius 3 is 2.46 bits per heavy atom. The number of fused-ring (bicyclic) bond motifs is 2. The SMILES string of the molecule is CS(=O)(=O)NCc1cc(F)cc(-c2cccc3[nH]c(-c4n[nH]c5ncc(-c6cncc(CNCc7ccccc7)c6)cc45)nc23)c1. The predicted octanol–water partition coefficient (Wildman–Crippen LogP) is 5.71. The summed E-state index contributed by atoms with van der Waals surface area (Å²) < 4.78 is 40.2. The van der Waals surface area contributed by atoms with Crippen molar-refractivity contribution in [3.8, 4) is 33.8 Å². The standard InChI is InChI=1S/C34H29FN8O2S/c1-46(44,45)39-18-22-10-24(13-27(35)12-22)28-8-5-9-30-31(28)41-34(40-30)32-29-14-26(20-38-33(29)43-42-32)25-11-23(17-37-19-25)16-36-15-21-6-3-2-4-7-21/h2-14,17,19-20,36,39H,15-16,18H2,1H3,(H,40,41)(H,38,42,43). The van der Waals surface area contributed by atoms with Crippen LogP contribution in [0.4, 0.5) is 4.39 Å². The van der Waals surface area contributed by atoms with Gasteiger partial charge in [0.25, 0.3) is 0 Å². The lowest BCUT2D eigenvalue weighted by atomic mass is 10.0. The molecule has 4 N–H and O–H groups in total. The van der Waals surface area contributed by atoms with Gasteiger partial charge in [0.05, 0.1) is 22.7 Å². The number of aromatic nitrogens is 6. The van der Waals surface area contributed by atoms with Crippen LogP contribution in [-0.2, 0) is 29.7 Å². The summed E-state index contributed by atoms with van der Waals surface area (Å²) in [6.45, 7) is 1.41. The molecule has 0 aliphatic rings. The number of pyridine rings is 2. The van der Waals surface area contributed by atoms with Crippen LogP contribution in [0.3, 0.4) is 0 Å². The minimum atomic E-state index is -3.43. The van der Waals surface area contributed by atoms with Gasteiger partial charge in [-0.2, -0.15) is 5.10 Å². The fourth-order valence-corrected chi connectivity index (χ4v) is 5.86. The number of rotatable bonds is 10. The summed E-state index contributed by atoms with van der Waals surface area (Å²) in [7, 11) is -3.43. The van der Waals surface area contributed by atoms with Gasteiger partial charge in [-0.3, -0.25) is 10.1 Å². The van der Waals surface area contributed by atoms with E-state index >= 15 is 0 Å². The van der Waals surface area contributed by atoms with Gasteiger partial charge < -0.3 is 10.3 Å². The van der Waals surface area contributed by atoms with E-state index in [0.717, 1.165) is 40.4 Å². The number of H-pyrrole nitrogens is 2. The van der Waals surface area contributed by atoms with Crippen molar-refractivity contribution < 1.29 is 12.8 Å². The first-order valence-corrected chi connectivity index (χ1v) is 16.4. The van der Waals surface area contributed by atoms with Crippen LogP contribution in [0.2, 0.25) is 0 Å². The van der Waals surface area contributed by atoms with Crippen molar-refractivity contribution in [1.82, 2.24) is 40.2 Å². The highest BCUT2D eigenvalue weighted by Gasteiger charge is 2.17. The van der Waals surface area contributed by atoms with E-state index in [2.05, 4.69) is 53.4 Å². The molecule has 46 heavy (non-hydrogen) atoms. The molecule has 7 aromatic rings. The van der Waals surface area contributed by atoms with Gasteiger partial charge in [0, 0.05) is 54.9 Å². The minimum absolute atomic E-state index is 0.0252. The van der Waals surface area contributed by atoms with E-state index in [9.17, 15) is 12.8 Å². The number of para-hydroxylation sites is 1. The van der Waals surface area contributed by atoms with Crippen LogP contribution < -0.4 is 10.0 Å². The predicted molar refractivity (Wildman–Crippen MR) is 176 cm³/mol. The van der Waals surface area contributed by atoms with Gasteiger partial charge in [-0.25, -0.2) is 27.5 Å². The molecule has 230 valence electrons. The maximum absolute atomic E-state index is 14.6. The van der Waals surface area contributed by atoms with E-state index in [0.29, 0.717) is 45.9 Å². The summed E-state index contributed by atoms with van der Waals surface area (Å²) in [5.41, 5.74) is 8.44. The minimum Gasteiger partial charge on any atom is -0.337 e. The monoisotopic (exact) mass is 632 g/mol. The van der Waals surface area contributed by atoms with Crippen molar-refractivity contribution in [1.29, 1.82) is 0 Å². The van der Waals surface area contributed by atoms with Gasteiger partial charge in [-0.05, 0) is 58.7 Å². The average Bonchev–Trinajstić information content (AvgIpc) is 3.68. The molecule has 0 radical (unpaired) electrons. The molecule has 0 bridgehead atoms.